The van der Waals surface area contributed by atoms with E-state index in [1.165, 1.54) is 0 Å². The lowest BCUT2D eigenvalue weighted by Crippen LogP contribution is -2.50. The minimum absolute atomic E-state index is 0.0217. The van der Waals surface area contributed by atoms with Crippen LogP contribution in [0.5, 0.6) is 0 Å². The van der Waals surface area contributed by atoms with E-state index < -0.39 is 0 Å². The molecular weight excluding hydrogens is 264 g/mol. The van der Waals surface area contributed by atoms with Crippen molar-refractivity contribution >= 4 is 11.7 Å². The number of anilines is 1. The summed E-state index contributed by atoms with van der Waals surface area (Å²) in [5.74, 6) is 1.21. The van der Waals surface area contributed by atoms with Crippen molar-refractivity contribution in [2.75, 3.05) is 31.1 Å². The smallest absolute Gasteiger partial charge is 0.225 e. The zero-order valence-electron chi connectivity index (χ0n) is 13.8. The Morgan fingerprint density at radius 2 is 1.71 bits per heavy atom. The molecule has 1 aromatic heterocycles. The average molecular weight is 290 g/mol. The van der Waals surface area contributed by atoms with Crippen molar-refractivity contribution in [3.8, 4) is 0 Å². The Bertz CT molecular complexity index is 482. The van der Waals surface area contributed by atoms with Gasteiger partial charge in [0.2, 0.25) is 5.91 Å². The second-order valence-electron chi connectivity index (χ2n) is 6.99. The quantitative estimate of drug-likeness (QED) is 0.837. The molecule has 0 spiro atoms. The normalized spacial score (nSPS) is 16.5. The number of hydrogen-bond acceptors (Lipinski definition) is 4. The highest BCUT2D eigenvalue weighted by Gasteiger charge is 2.24. The lowest BCUT2D eigenvalue weighted by molar-refractivity contribution is -0.134. The second kappa shape index (κ2) is 6.00. The highest BCUT2D eigenvalue weighted by Crippen LogP contribution is 2.21. The summed E-state index contributed by atoms with van der Waals surface area (Å²) in [6.45, 7) is 13.5. The fraction of sp³-hybridized carbons (Fsp3) is 0.688. The van der Waals surface area contributed by atoms with Crippen LogP contribution >= 0.6 is 0 Å². The molecule has 5 nitrogen and oxygen atoms in total. The molecule has 1 aliphatic rings. The number of aromatic nitrogens is 2. The van der Waals surface area contributed by atoms with Crippen LogP contribution in [0.2, 0.25) is 0 Å². The molecule has 0 bridgehead atoms. The van der Waals surface area contributed by atoms with Crippen molar-refractivity contribution in [3.05, 3.63) is 17.8 Å². The number of carbonyl (C=O) groups excluding carboxylic acids is 1. The minimum Gasteiger partial charge on any atom is -0.352 e. The molecule has 0 N–H and O–H groups in total. The first-order valence-corrected chi connectivity index (χ1v) is 7.67. The van der Waals surface area contributed by atoms with Crippen LogP contribution in [0.25, 0.3) is 0 Å². The first-order chi connectivity index (χ1) is 9.79. The van der Waals surface area contributed by atoms with Crippen molar-refractivity contribution < 1.29 is 4.79 Å². The van der Waals surface area contributed by atoms with E-state index in [4.69, 9.17) is 0 Å². The first kappa shape index (κ1) is 15.7. The molecule has 0 aromatic carbocycles. The van der Waals surface area contributed by atoms with Crippen molar-refractivity contribution in [1.82, 2.24) is 15.1 Å². The molecule has 1 saturated heterocycles. The lowest BCUT2D eigenvalue weighted by atomic mass is 9.92. The SMILES string of the molecule is CC(C)C(=O)N1CCN(c2ccc(C(C)(C)C)nn2)CC1. The zero-order chi connectivity index (χ0) is 15.6. The van der Waals surface area contributed by atoms with E-state index in [2.05, 4.69) is 35.9 Å². The first-order valence-electron chi connectivity index (χ1n) is 7.67. The molecule has 0 saturated carbocycles. The third kappa shape index (κ3) is 3.71. The number of piperazine rings is 1. The fourth-order valence-electron chi connectivity index (χ4n) is 2.41. The standard InChI is InChI=1S/C16H26N4O/c1-12(2)15(21)20-10-8-19(9-11-20)14-7-6-13(17-18-14)16(3,4)5/h6-7,12H,8-11H2,1-5H3. The van der Waals surface area contributed by atoms with E-state index in [0.29, 0.717) is 0 Å². The number of amides is 1. The van der Waals surface area contributed by atoms with Crippen molar-refractivity contribution in [3.63, 3.8) is 0 Å². The Morgan fingerprint density at radius 1 is 1.10 bits per heavy atom. The van der Waals surface area contributed by atoms with Crippen LogP contribution in [-0.4, -0.2) is 47.2 Å². The molecule has 21 heavy (non-hydrogen) atoms. The molecule has 0 radical (unpaired) electrons. The van der Waals surface area contributed by atoms with Gasteiger partial charge >= 0.3 is 0 Å². The van der Waals surface area contributed by atoms with Gasteiger partial charge in [-0.15, -0.1) is 5.10 Å². The molecule has 0 aliphatic carbocycles. The van der Waals surface area contributed by atoms with Gasteiger partial charge in [0, 0.05) is 37.5 Å². The third-order valence-corrected chi connectivity index (χ3v) is 3.83. The molecule has 5 heteroatoms. The van der Waals surface area contributed by atoms with Crippen LogP contribution in [-0.2, 0) is 10.2 Å². The van der Waals surface area contributed by atoms with Gasteiger partial charge in [0.15, 0.2) is 5.82 Å². The molecule has 0 atom stereocenters. The van der Waals surface area contributed by atoms with Crippen LogP contribution < -0.4 is 4.90 Å². The molecular formula is C16H26N4O. The minimum atomic E-state index is 0.0217. The van der Waals surface area contributed by atoms with Gasteiger partial charge in [-0.3, -0.25) is 4.79 Å². The number of nitrogens with zero attached hydrogens (tertiary/aromatic N) is 4. The molecule has 0 unspecified atom stereocenters. The van der Waals surface area contributed by atoms with Crippen molar-refractivity contribution in [1.29, 1.82) is 0 Å². The maximum Gasteiger partial charge on any atom is 0.225 e. The van der Waals surface area contributed by atoms with Gasteiger partial charge in [-0.25, -0.2) is 0 Å². The highest BCUT2D eigenvalue weighted by atomic mass is 16.2. The summed E-state index contributed by atoms with van der Waals surface area (Å²) >= 11 is 0. The van der Waals surface area contributed by atoms with Gasteiger partial charge in [0.25, 0.3) is 0 Å². The summed E-state index contributed by atoms with van der Waals surface area (Å²) in [6.07, 6.45) is 0. The zero-order valence-corrected chi connectivity index (χ0v) is 13.8. The number of carbonyl (C=O) groups is 1. The topological polar surface area (TPSA) is 49.3 Å². The Balaban J connectivity index is 1.98. The second-order valence-corrected chi connectivity index (χ2v) is 6.99. The van der Waals surface area contributed by atoms with E-state index in [1.807, 2.05) is 30.9 Å². The van der Waals surface area contributed by atoms with Crippen LogP contribution in [0.3, 0.4) is 0 Å². The summed E-state index contributed by atoms with van der Waals surface area (Å²) in [6, 6.07) is 4.08. The predicted molar refractivity (Wildman–Crippen MR) is 84.4 cm³/mol. The van der Waals surface area contributed by atoms with E-state index >= 15 is 0 Å². The monoisotopic (exact) mass is 290 g/mol. The van der Waals surface area contributed by atoms with Gasteiger partial charge in [-0.2, -0.15) is 5.10 Å². The average Bonchev–Trinajstić information content (AvgIpc) is 2.46. The van der Waals surface area contributed by atoms with Gasteiger partial charge in [-0.1, -0.05) is 34.6 Å². The molecule has 1 fully saturated rings. The Kier molecular flexibility index (Phi) is 4.49. The van der Waals surface area contributed by atoms with Crippen LogP contribution in [0.15, 0.2) is 12.1 Å². The number of rotatable bonds is 2. The van der Waals surface area contributed by atoms with Crippen LogP contribution in [0.4, 0.5) is 5.82 Å². The molecule has 2 heterocycles. The van der Waals surface area contributed by atoms with Crippen LogP contribution in [0, 0.1) is 5.92 Å². The molecule has 116 valence electrons. The summed E-state index contributed by atoms with van der Waals surface area (Å²) < 4.78 is 0. The lowest BCUT2D eigenvalue weighted by Gasteiger charge is -2.36. The number of hydrogen-bond donors (Lipinski definition) is 0. The predicted octanol–water partition coefficient (Wildman–Crippen LogP) is 2.08. The highest BCUT2D eigenvalue weighted by molar-refractivity contribution is 5.78. The maximum absolute atomic E-state index is 12.0. The maximum atomic E-state index is 12.0. The summed E-state index contributed by atoms with van der Waals surface area (Å²) in [4.78, 5) is 16.1. The Hall–Kier alpha value is -1.65. The van der Waals surface area contributed by atoms with Crippen LogP contribution in [0.1, 0.15) is 40.3 Å². The molecule has 1 aliphatic heterocycles. The van der Waals surface area contributed by atoms with E-state index in [1.54, 1.807) is 0 Å². The summed E-state index contributed by atoms with van der Waals surface area (Å²) in [7, 11) is 0. The van der Waals surface area contributed by atoms with Gasteiger partial charge < -0.3 is 9.80 Å². The van der Waals surface area contributed by atoms with Gasteiger partial charge in [0.1, 0.15) is 0 Å². The third-order valence-electron chi connectivity index (χ3n) is 3.83. The van der Waals surface area contributed by atoms with E-state index in [0.717, 1.165) is 37.7 Å². The van der Waals surface area contributed by atoms with E-state index in [-0.39, 0.29) is 17.2 Å². The Labute approximate surface area is 127 Å². The van der Waals surface area contributed by atoms with Crippen molar-refractivity contribution in [2.45, 2.75) is 40.0 Å². The molecule has 1 aromatic rings. The fourth-order valence-corrected chi connectivity index (χ4v) is 2.41. The summed E-state index contributed by atoms with van der Waals surface area (Å²) in [5.41, 5.74) is 1.02. The summed E-state index contributed by atoms with van der Waals surface area (Å²) in [5, 5.41) is 8.68. The van der Waals surface area contributed by atoms with Gasteiger partial charge in [0.05, 0.1) is 5.69 Å². The molecule has 1 amide bonds. The Morgan fingerprint density at radius 3 is 2.14 bits per heavy atom. The van der Waals surface area contributed by atoms with Gasteiger partial charge in [-0.05, 0) is 12.1 Å². The molecule has 2 rings (SSSR count). The van der Waals surface area contributed by atoms with Crippen molar-refractivity contribution in [2.24, 2.45) is 5.92 Å². The van der Waals surface area contributed by atoms with E-state index in [9.17, 15) is 4.79 Å². The largest absolute Gasteiger partial charge is 0.352 e.